The van der Waals surface area contributed by atoms with Crippen LogP contribution in [0.5, 0.6) is 0 Å². The number of nitrogens with two attached hydrogens (primary N) is 1. The van der Waals surface area contributed by atoms with Crippen molar-refractivity contribution in [2.24, 2.45) is 5.73 Å². The molecule has 0 spiro atoms. The van der Waals surface area contributed by atoms with Crippen LogP contribution in [-0.4, -0.2) is 25.6 Å². The average molecular weight is 399 g/mol. The highest BCUT2D eigenvalue weighted by atomic mass is 19.2. The van der Waals surface area contributed by atoms with Gasteiger partial charge in [0, 0.05) is 48.8 Å². The molecule has 0 fully saturated rings. The Balaban J connectivity index is 1.55. The van der Waals surface area contributed by atoms with Gasteiger partial charge in [-0.1, -0.05) is 0 Å². The van der Waals surface area contributed by atoms with Crippen LogP contribution in [0.15, 0.2) is 34.9 Å². The van der Waals surface area contributed by atoms with E-state index in [-0.39, 0.29) is 5.56 Å². The van der Waals surface area contributed by atoms with Crippen molar-refractivity contribution in [3.63, 3.8) is 0 Å². The zero-order valence-corrected chi connectivity index (χ0v) is 15.4. The van der Waals surface area contributed by atoms with E-state index < -0.39 is 29.4 Å². The summed E-state index contributed by atoms with van der Waals surface area (Å²) in [5.41, 5.74) is 9.43. The standard InChI is InChI=1S/C20H16F3N5O/c1-9-26-27-20(29-9)10-2-3-28-18-8-16(24)12(6-17(18)25-19(28)4-10)11-5-14(22)15(23)7-13(11)21/h2-5,7,12,16H,6,8,24H2,1H3/t12-,16+/m1/s1. The van der Waals surface area contributed by atoms with E-state index in [1.54, 1.807) is 6.92 Å². The highest BCUT2D eigenvalue weighted by Crippen LogP contribution is 2.35. The summed E-state index contributed by atoms with van der Waals surface area (Å²) in [4.78, 5) is 4.65. The van der Waals surface area contributed by atoms with Gasteiger partial charge in [0.05, 0.1) is 5.69 Å². The number of imidazole rings is 1. The molecule has 0 saturated carbocycles. The summed E-state index contributed by atoms with van der Waals surface area (Å²) in [6, 6.07) is 4.67. The Morgan fingerprint density at radius 1 is 1.07 bits per heavy atom. The summed E-state index contributed by atoms with van der Waals surface area (Å²) in [5, 5.41) is 7.84. The third-order valence-electron chi connectivity index (χ3n) is 5.38. The number of benzene rings is 1. The monoisotopic (exact) mass is 399 g/mol. The Kier molecular flexibility index (Phi) is 3.95. The molecule has 1 aromatic carbocycles. The second-order valence-electron chi connectivity index (χ2n) is 7.24. The number of pyridine rings is 1. The SMILES string of the molecule is Cc1nnc(-c2ccn3c4c(nc3c2)C[C@H](c2cc(F)c(F)cc2F)[C@@H](N)C4)o1. The molecule has 4 aromatic rings. The maximum atomic E-state index is 14.3. The topological polar surface area (TPSA) is 82.2 Å². The van der Waals surface area contributed by atoms with Gasteiger partial charge in [-0.05, 0) is 30.2 Å². The molecule has 1 aliphatic carbocycles. The molecule has 5 rings (SSSR count). The summed E-state index contributed by atoms with van der Waals surface area (Å²) in [7, 11) is 0. The van der Waals surface area contributed by atoms with E-state index in [1.807, 2.05) is 22.7 Å². The van der Waals surface area contributed by atoms with Crippen molar-refractivity contribution in [1.29, 1.82) is 0 Å². The molecule has 0 bridgehead atoms. The Bertz CT molecular complexity index is 1250. The van der Waals surface area contributed by atoms with Crippen molar-refractivity contribution >= 4 is 5.65 Å². The number of nitrogens with zero attached hydrogens (tertiary/aromatic N) is 4. The van der Waals surface area contributed by atoms with Crippen LogP contribution >= 0.6 is 0 Å². The molecule has 29 heavy (non-hydrogen) atoms. The van der Waals surface area contributed by atoms with Crippen LogP contribution in [-0.2, 0) is 12.8 Å². The van der Waals surface area contributed by atoms with E-state index in [0.717, 1.165) is 23.0 Å². The average Bonchev–Trinajstić information content (AvgIpc) is 3.27. The van der Waals surface area contributed by atoms with Gasteiger partial charge < -0.3 is 14.6 Å². The summed E-state index contributed by atoms with van der Waals surface area (Å²) in [5.74, 6) is -2.75. The lowest BCUT2D eigenvalue weighted by atomic mass is 9.80. The molecule has 1 aliphatic rings. The molecule has 148 valence electrons. The first-order valence-electron chi connectivity index (χ1n) is 9.11. The van der Waals surface area contributed by atoms with Crippen LogP contribution in [0.2, 0.25) is 0 Å². The number of aromatic nitrogens is 4. The van der Waals surface area contributed by atoms with Crippen molar-refractivity contribution in [3.8, 4) is 11.5 Å². The zero-order valence-electron chi connectivity index (χ0n) is 15.4. The van der Waals surface area contributed by atoms with Crippen LogP contribution in [0, 0.1) is 24.4 Å². The fraction of sp³-hybridized carbons (Fsp3) is 0.250. The number of fused-ring (bicyclic) bond motifs is 3. The van der Waals surface area contributed by atoms with Gasteiger partial charge in [-0.15, -0.1) is 10.2 Å². The summed E-state index contributed by atoms with van der Waals surface area (Å²) in [6.07, 6.45) is 2.61. The molecular formula is C20H16F3N5O. The van der Waals surface area contributed by atoms with Gasteiger partial charge in [0.2, 0.25) is 11.8 Å². The molecule has 0 saturated heterocycles. The molecule has 9 heteroatoms. The molecular weight excluding hydrogens is 383 g/mol. The quantitative estimate of drug-likeness (QED) is 0.523. The van der Waals surface area contributed by atoms with Crippen LogP contribution in [0.1, 0.15) is 28.8 Å². The first kappa shape index (κ1) is 17.9. The van der Waals surface area contributed by atoms with E-state index in [0.29, 0.717) is 36.3 Å². The zero-order chi connectivity index (χ0) is 20.3. The first-order valence-corrected chi connectivity index (χ1v) is 9.11. The lowest BCUT2D eigenvalue weighted by Gasteiger charge is -2.29. The van der Waals surface area contributed by atoms with E-state index in [2.05, 4.69) is 15.2 Å². The minimum atomic E-state index is -1.21. The van der Waals surface area contributed by atoms with Gasteiger partial charge >= 0.3 is 0 Å². The summed E-state index contributed by atoms with van der Waals surface area (Å²) < 4.78 is 48.7. The lowest BCUT2D eigenvalue weighted by molar-refractivity contribution is 0.446. The van der Waals surface area contributed by atoms with Crippen LogP contribution in [0.3, 0.4) is 0 Å². The molecule has 2 N–H and O–H groups in total. The third kappa shape index (κ3) is 2.89. The highest BCUT2D eigenvalue weighted by molar-refractivity contribution is 5.61. The first-order chi connectivity index (χ1) is 13.9. The smallest absolute Gasteiger partial charge is 0.247 e. The van der Waals surface area contributed by atoms with Gasteiger partial charge in [-0.2, -0.15) is 0 Å². The van der Waals surface area contributed by atoms with Crippen molar-refractivity contribution in [2.75, 3.05) is 0 Å². The minimum absolute atomic E-state index is 0.0705. The van der Waals surface area contributed by atoms with E-state index in [4.69, 9.17) is 10.2 Å². The van der Waals surface area contributed by atoms with Crippen molar-refractivity contribution in [1.82, 2.24) is 19.6 Å². The lowest BCUT2D eigenvalue weighted by Crippen LogP contribution is -2.37. The number of hydrogen-bond acceptors (Lipinski definition) is 5. The molecule has 0 radical (unpaired) electrons. The second-order valence-corrected chi connectivity index (χ2v) is 7.24. The van der Waals surface area contributed by atoms with E-state index in [9.17, 15) is 13.2 Å². The molecule has 3 aromatic heterocycles. The fourth-order valence-electron chi connectivity index (χ4n) is 3.96. The number of hydrogen-bond donors (Lipinski definition) is 1. The Labute approximate surface area is 163 Å². The maximum absolute atomic E-state index is 14.3. The summed E-state index contributed by atoms with van der Waals surface area (Å²) in [6.45, 7) is 1.71. The molecule has 0 unspecified atom stereocenters. The third-order valence-corrected chi connectivity index (χ3v) is 5.38. The highest BCUT2D eigenvalue weighted by Gasteiger charge is 2.33. The maximum Gasteiger partial charge on any atom is 0.247 e. The van der Waals surface area contributed by atoms with Crippen molar-refractivity contribution in [3.05, 3.63) is 70.8 Å². The number of aryl methyl sites for hydroxylation is 1. The second kappa shape index (κ2) is 6.41. The largest absolute Gasteiger partial charge is 0.421 e. The Morgan fingerprint density at radius 3 is 2.62 bits per heavy atom. The van der Waals surface area contributed by atoms with E-state index >= 15 is 0 Å². The normalized spacial score (nSPS) is 18.9. The van der Waals surface area contributed by atoms with Crippen molar-refractivity contribution < 1.29 is 17.6 Å². The molecule has 0 amide bonds. The van der Waals surface area contributed by atoms with Crippen LogP contribution in [0.4, 0.5) is 13.2 Å². The molecule has 3 heterocycles. The Morgan fingerprint density at radius 2 is 1.86 bits per heavy atom. The van der Waals surface area contributed by atoms with Crippen LogP contribution in [0.25, 0.3) is 17.1 Å². The van der Waals surface area contributed by atoms with Gasteiger partial charge in [0.1, 0.15) is 11.5 Å². The van der Waals surface area contributed by atoms with Gasteiger partial charge in [0.15, 0.2) is 11.6 Å². The predicted octanol–water partition coefficient (Wildman–Crippen LogP) is 3.32. The number of halogens is 3. The van der Waals surface area contributed by atoms with Crippen molar-refractivity contribution in [2.45, 2.75) is 31.7 Å². The molecule has 6 nitrogen and oxygen atoms in total. The van der Waals surface area contributed by atoms with E-state index in [1.165, 1.54) is 0 Å². The van der Waals surface area contributed by atoms with Gasteiger partial charge in [0.25, 0.3) is 0 Å². The van der Waals surface area contributed by atoms with Gasteiger partial charge in [-0.25, -0.2) is 18.2 Å². The van der Waals surface area contributed by atoms with Crippen LogP contribution < -0.4 is 5.73 Å². The molecule has 0 aliphatic heterocycles. The molecule has 2 atom stereocenters. The predicted molar refractivity (Wildman–Crippen MR) is 97.7 cm³/mol. The Hall–Kier alpha value is -3.20. The summed E-state index contributed by atoms with van der Waals surface area (Å²) >= 11 is 0. The minimum Gasteiger partial charge on any atom is -0.421 e. The number of rotatable bonds is 2. The van der Waals surface area contributed by atoms with Gasteiger partial charge in [-0.3, -0.25) is 0 Å². The fourth-order valence-corrected chi connectivity index (χ4v) is 3.96.